The van der Waals surface area contributed by atoms with Crippen LogP contribution in [0, 0.1) is 12.8 Å². The molecule has 0 bridgehead atoms. The lowest BCUT2D eigenvalue weighted by Crippen LogP contribution is -2.37. The third-order valence-electron chi connectivity index (χ3n) is 4.45. The second-order valence-electron chi connectivity index (χ2n) is 6.64. The molecule has 1 fully saturated rings. The van der Waals surface area contributed by atoms with E-state index in [0.717, 1.165) is 69.2 Å². The molecule has 2 aromatic heterocycles. The molecule has 3 heterocycles. The molecule has 0 saturated carbocycles. The van der Waals surface area contributed by atoms with E-state index in [1.165, 1.54) is 0 Å². The average Bonchev–Trinajstić information content (AvgIpc) is 3.00. The molecular formula is C17H27N7O. The third kappa shape index (κ3) is 4.80. The van der Waals surface area contributed by atoms with E-state index < -0.39 is 0 Å². The zero-order valence-electron chi connectivity index (χ0n) is 15.0. The number of aryl methyl sites for hydroxylation is 1. The Labute approximate surface area is 148 Å². The number of hydrogen-bond donors (Lipinski definition) is 2. The van der Waals surface area contributed by atoms with Crippen LogP contribution in [-0.4, -0.2) is 39.7 Å². The van der Waals surface area contributed by atoms with Crippen molar-refractivity contribution in [1.29, 1.82) is 0 Å². The summed E-state index contributed by atoms with van der Waals surface area (Å²) in [5.41, 5.74) is 5.91. The van der Waals surface area contributed by atoms with E-state index in [1.807, 2.05) is 13.0 Å². The van der Waals surface area contributed by atoms with Gasteiger partial charge in [0.25, 0.3) is 0 Å². The molecule has 8 heteroatoms. The number of aromatic nitrogens is 4. The van der Waals surface area contributed by atoms with Crippen LogP contribution in [0.4, 0.5) is 17.6 Å². The highest BCUT2D eigenvalue weighted by atomic mass is 16.5. The van der Waals surface area contributed by atoms with Gasteiger partial charge in [0.2, 0.25) is 11.8 Å². The molecule has 0 unspecified atom stereocenters. The highest BCUT2D eigenvalue weighted by molar-refractivity contribution is 5.52. The average molecular weight is 345 g/mol. The molecule has 0 aromatic carbocycles. The van der Waals surface area contributed by atoms with Crippen LogP contribution >= 0.6 is 0 Å². The van der Waals surface area contributed by atoms with E-state index in [2.05, 4.69) is 37.2 Å². The summed E-state index contributed by atoms with van der Waals surface area (Å²) in [5, 5.41) is 7.35. The fourth-order valence-corrected chi connectivity index (χ4v) is 3.22. The molecule has 136 valence electrons. The molecule has 3 N–H and O–H groups in total. The predicted octanol–water partition coefficient (Wildman–Crippen LogP) is 2.42. The molecular weight excluding hydrogens is 318 g/mol. The van der Waals surface area contributed by atoms with Gasteiger partial charge in [0.15, 0.2) is 5.82 Å². The van der Waals surface area contributed by atoms with Gasteiger partial charge in [-0.1, -0.05) is 18.5 Å². The van der Waals surface area contributed by atoms with Crippen LogP contribution in [0.1, 0.15) is 44.3 Å². The molecule has 0 amide bonds. The van der Waals surface area contributed by atoms with Crippen molar-refractivity contribution in [3.63, 3.8) is 0 Å². The Morgan fingerprint density at radius 1 is 1.36 bits per heavy atom. The molecule has 1 saturated heterocycles. The number of nitrogens with zero attached hydrogens (tertiary/aromatic N) is 5. The number of piperidine rings is 1. The minimum absolute atomic E-state index is 0.312. The monoisotopic (exact) mass is 345 g/mol. The smallest absolute Gasteiger partial charge is 0.223 e. The summed E-state index contributed by atoms with van der Waals surface area (Å²) in [6.45, 7) is 6.78. The zero-order chi connectivity index (χ0) is 17.6. The molecule has 1 atom stereocenters. The topological polar surface area (TPSA) is 106 Å². The van der Waals surface area contributed by atoms with E-state index in [9.17, 15) is 0 Å². The minimum atomic E-state index is 0.312. The van der Waals surface area contributed by atoms with Crippen LogP contribution in [0.15, 0.2) is 10.6 Å². The Morgan fingerprint density at radius 2 is 2.24 bits per heavy atom. The lowest BCUT2D eigenvalue weighted by Gasteiger charge is -2.33. The second-order valence-corrected chi connectivity index (χ2v) is 6.64. The number of nitrogen functional groups attached to an aromatic ring is 1. The van der Waals surface area contributed by atoms with Crippen molar-refractivity contribution < 1.29 is 4.52 Å². The Bertz CT molecular complexity index is 687. The van der Waals surface area contributed by atoms with Crippen LogP contribution in [0.25, 0.3) is 0 Å². The van der Waals surface area contributed by atoms with Gasteiger partial charge in [0.05, 0.1) is 0 Å². The largest absolute Gasteiger partial charge is 0.370 e. The fraction of sp³-hybridized carbons (Fsp3) is 0.647. The molecule has 8 nitrogen and oxygen atoms in total. The van der Waals surface area contributed by atoms with Crippen LogP contribution in [0.5, 0.6) is 0 Å². The normalized spacial score (nSPS) is 17.7. The van der Waals surface area contributed by atoms with Crippen molar-refractivity contribution in [2.75, 3.05) is 35.6 Å². The summed E-state index contributed by atoms with van der Waals surface area (Å²) in [7, 11) is 0. The summed E-state index contributed by atoms with van der Waals surface area (Å²) in [5.74, 6) is 3.89. The van der Waals surface area contributed by atoms with E-state index >= 15 is 0 Å². The highest BCUT2D eigenvalue weighted by Crippen LogP contribution is 2.25. The van der Waals surface area contributed by atoms with Gasteiger partial charge in [-0.2, -0.15) is 15.0 Å². The zero-order valence-corrected chi connectivity index (χ0v) is 15.0. The summed E-state index contributed by atoms with van der Waals surface area (Å²) < 4.78 is 5.08. The van der Waals surface area contributed by atoms with Crippen LogP contribution in [0.2, 0.25) is 0 Å². The Kier molecular flexibility index (Phi) is 5.67. The van der Waals surface area contributed by atoms with E-state index in [0.29, 0.717) is 17.8 Å². The van der Waals surface area contributed by atoms with Crippen molar-refractivity contribution in [2.45, 2.75) is 46.0 Å². The molecule has 2 aromatic rings. The van der Waals surface area contributed by atoms with Gasteiger partial charge < -0.3 is 20.5 Å². The number of unbranched alkanes of at least 4 members (excludes halogenated alkanes) is 1. The SMILES string of the molecule is CCCCNc1cc(N2CCC[C@H](Cc3noc(C)n3)C2)nc(N)n1. The van der Waals surface area contributed by atoms with Gasteiger partial charge in [-0.15, -0.1) is 0 Å². The molecule has 0 radical (unpaired) electrons. The summed E-state index contributed by atoms with van der Waals surface area (Å²) >= 11 is 0. The molecule has 0 spiro atoms. The predicted molar refractivity (Wildman–Crippen MR) is 97.5 cm³/mol. The first-order valence-corrected chi connectivity index (χ1v) is 9.06. The van der Waals surface area contributed by atoms with E-state index in [4.69, 9.17) is 10.3 Å². The summed E-state index contributed by atoms with van der Waals surface area (Å²) in [6.07, 6.45) is 5.35. The number of nitrogens with one attached hydrogen (secondary N) is 1. The third-order valence-corrected chi connectivity index (χ3v) is 4.45. The maximum absolute atomic E-state index is 5.91. The van der Waals surface area contributed by atoms with Crippen molar-refractivity contribution >= 4 is 17.6 Å². The van der Waals surface area contributed by atoms with Gasteiger partial charge in [-0.3, -0.25) is 0 Å². The van der Waals surface area contributed by atoms with Crippen molar-refractivity contribution in [1.82, 2.24) is 20.1 Å². The van der Waals surface area contributed by atoms with Crippen LogP contribution in [0.3, 0.4) is 0 Å². The van der Waals surface area contributed by atoms with Gasteiger partial charge >= 0.3 is 0 Å². The van der Waals surface area contributed by atoms with Crippen molar-refractivity contribution in [2.24, 2.45) is 5.92 Å². The fourth-order valence-electron chi connectivity index (χ4n) is 3.22. The molecule has 3 rings (SSSR count). The maximum Gasteiger partial charge on any atom is 0.223 e. The summed E-state index contributed by atoms with van der Waals surface area (Å²) in [4.78, 5) is 15.3. The summed E-state index contributed by atoms with van der Waals surface area (Å²) in [6, 6.07) is 1.99. The second kappa shape index (κ2) is 8.13. The lowest BCUT2D eigenvalue weighted by atomic mass is 9.94. The lowest BCUT2D eigenvalue weighted by molar-refractivity contribution is 0.369. The van der Waals surface area contributed by atoms with Crippen LogP contribution in [-0.2, 0) is 6.42 Å². The number of anilines is 3. The van der Waals surface area contributed by atoms with Crippen molar-refractivity contribution in [3.8, 4) is 0 Å². The Balaban J connectivity index is 1.65. The molecule has 1 aliphatic rings. The maximum atomic E-state index is 5.91. The standard InChI is InChI=1S/C17H27N7O/c1-3-4-7-19-14-10-16(22-17(18)21-14)24-8-5-6-13(11-24)9-15-20-12(2)25-23-15/h10,13H,3-9,11H2,1-2H3,(H3,18,19,21,22)/t13-/m1/s1. The highest BCUT2D eigenvalue weighted by Gasteiger charge is 2.23. The first-order chi connectivity index (χ1) is 12.1. The molecule has 0 aliphatic carbocycles. The Hall–Kier alpha value is -2.38. The Morgan fingerprint density at radius 3 is 3.00 bits per heavy atom. The van der Waals surface area contributed by atoms with Gasteiger partial charge in [-0.25, -0.2) is 0 Å². The van der Waals surface area contributed by atoms with Gasteiger partial charge in [-0.05, 0) is 25.2 Å². The molecule has 25 heavy (non-hydrogen) atoms. The first-order valence-electron chi connectivity index (χ1n) is 9.06. The quantitative estimate of drug-likeness (QED) is 0.737. The minimum Gasteiger partial charge on any atom is -0.370 e. The van der Waals surface area contributed by atoms with Crippen LogP contribution < -0.4 is 16.0 Å². The number of nitrogens with two attached hydrogens (primary N) is 1. The van der Waals surface area contributed by atoms with Gasteiger partial charge in [0, 0.05) is 39.0 Å². The van der Waals surface area contributed by atoms with Gasteiger partial charge in [0.1, 0.15) is 11.6 Å². The van der Waals surface area contributed by atoms with E-state index in [-0.39, 0.29) is 0 Å². The molecule has 1 aliphatic heterocycles. The first kappa shape index (κ1) is 17.4. The number of hydrogen-bond acceptors (Lipinski definition) is 8. The number of rotatable bonds is 7. The van der Waals surface area contributed by atoms with Crippen molar-refractivity contribution in [3.05, 3.63) is 17.8 Å². The van der Waals surface area contributed by atoms with E-state index in [1.54, 1.807) is 0 Å².